The quantitative estimate of drug-likeness (QED) is 0.618. The van der Waals surface area contributed by atoms with Gasteiger partial charge in [0.05, 0.1) is 24.2 Å². The van der Waals surface area contributed by atoms with Crippen LogP contribution in [0, 0.1) is 6.92 Å². The Morgan fingerprint density at radius 3 is 2.77 bits per heavy atom. The van der Waals surface area contributed by atoms with Crippen LogP contribution in [-0.2, 0) is 0 Å². The molecule has 3 N–H and O–H groups in total. The van der Waals surface area contributed by atoms with Crippen molar-refractivity contribution >= 4 is 40.6 Å². The van der Waals surface area contributed by atoms with Crippen molar-refractivity contribution < 1.29 is 14.6 Å². The van der Waals surface area contributed by atoms with Crippen LogP contribution in [0.4, 0.5) is 10.6 Å². The van der Waals surface area contributed by atoms with E-state index in [9.17, 15) is 9.90 Å². The Bertz CT molecular complexity index is 1200. The summed E-state index contributed by atoms with van der Waals surface area (Å²) >= 11 is 6.60. The molecule has 1 aliphatic heterocycles. The van der Waals surface area contributed by atoms with Crippen LogP contribution in [0.5, 0.6) is 5.75 Å². The first-order valence-electron chi connectivity index (χ1n) is 9.74. The van der Waals surface area contributed by atoms with Crippen LogP contribution in [0.25, 0.3) is 17.1 Å². The molecule has 1 saturated heterocycles. The summed E-state index contributed by atoms with van der Waals surface area (Å²) in [6, 6.07) is 1.57. The molecule has 3 heterocycles. The predicted octanol–water partition coefficient (Wildman–Crippen LogP) is 3.71. The molecule has 1 aromatic carbocycles. The zero-order valence-corrected chi connectivity index (χ0v) is 18.2. The molecule has 0 spiro atoms. The molecule has 0 saturated carbocycles. The van der Waals surface area contributed by atoms with Crippen LogP contribution in [0.1, 0.15) is 41.3 Å². The van der Waals surface area contributed by atoms with Gasteiger partial charge in [0.1, 0.15) is 17.9 Å². The number of nitrogen functional groups attached to an aromatic ring is 1. The molecular weight excluding hydrogens is 420 g/mol. The Labute approximate surface area is 184 Å². The smallest absolute Gasteiger partial charge is 0.407 e. The van der Waals surface area contributed by atoms with Gasteiger partial charge in [-0.1, -0.05) is 18.2 Å². The average Bonchev–Trinajstić information content (AvgIpc) is 3.09. The fourth-order valence-corrected chi connectivity index (χ4v) is 4.40. The maximum Gasteiger partial charge on any atom is 0.407 e. The van der Waals surface area contributed by atoms with Crippen LogP contribution < -0.4 is 10.5 Å². The highest BCUT2D eigenvalue weighted by Gasteiger charge is 2.36. The van der Waals surface area contributed by atoms with Gasteiger partial charge in [0.2, 0.25) is 0 Å². The standard InChI is InChI=1S/C21H23ClN6O3/c1-5-15-17-19(23)24-9-25-20(17)28(26-15)11(3)13-6-14(22)10(2)16(18(13)31-4)12-7-27(8-12)21(29)30/h5-6,9,11-12H,1,7-8H2,2-4H3,(H,29,30)(H2,23,24,25). The molecule has 1 atom stereocenters. The lowest BCUT2D eigenvalue weighted by atomic mass is 9.85. The molecule has 0 aliphatic carbocycles. The van der Waals surface area contributed by atoms with Gasteiger partial charge in [0, 0.05) is 35.2 Å². The number of nitrogens with two attached hydrogens (primary N) is 1. The Morgan fingerprint density at radius 2 is 2.16 bits per heavy atom. The van der Waals surface area contributed by atoms with Crippen molar-refractivity contribution in [3.05, 3.63) is 46.4 Å². The number of hydrogen-bond donors (Lipinski definition) is 2. The maximum absolute atomic E-state index is 11.2. The molecule has 10 heteroatoms. The van der Waals surface area contributed by atoms with Gasteiger partial charge in [0.15, 0.2) is 5.65 Å². The first kappa shape index (κ1) is 20.9. The second-order valence-corrected chi connectivity index (χ2v) is 7.98. The minimum atomic E-state index is -0.930. The summed E-state index contributed by atoms with van der Waals surface area (Å²) in [5, 5.41) is 15.1. The van der Waals surface area contributed by atoms with E-state index in [4.69, 9.17) is 22.1 Å². The Kier molecular flexibility index (Phi) is 5.22. The Morgan fingerprint density at radius 1 is 1.45 bits per heavy atom. The van der Waals surface area contributed by atoms with E-state index in [1.165, 1.54) is 11.2 Å². The predicted molar refractivity (Wildman–Crippen MR) is 119 cm³/mol. The third-order valence-corrected chi connectivity index (χ3v) is 6.26. The molecule has 1 fully saturated rings. The van der Waals surface area contributed by atoms with Crippen LogP contribution in [0.2, 0.25) is 5.02 Å². The van der Waals surface area contributed by atoms with Crippen LogP contribution in [0.15, 0.2) is 19.0 Å². The molecule has 4 rings (SSSR count). The van der Waals surface area contributed by atoms with E-state index >= 15 is 0 Å². The number of benzene rings is 1. The molecule has 1 aliphatic rings. The van der Waals surface area contributed by atoms with E-state index in [0.29, 0.717) is 46.4 Å². The van der Waals surface area contributed by atoms with Crippen molar-refractivity contribution in [3.63, 3.8) is 0 Å². The van der Waals surface area contributed by atoms with E-state index in [0.717, 1.165) is 16.7 Å². The molecule has 162 valence electrons. The number of halogens is 1. The van der Waals surface area contributed by atoms with Gasteiger partial charge >= 0.3 is 6.09 Å². The summed E-state index contributed by atoms with van der Waals surface area (Å²) in [6.45, 7) is 8.51. The number of hydrogen-bond acceptors (Lipinski definition) is 6. The highest BCUT2D eigenvalue weighted by atomic mass is 35.5. The number of nitrogens with zero attached hydrogens (tertiary/aromatic N) is 5. The zero-order valence-electron chi connectivity index (χ0n) is 17.5. The average molecular weight is 443 g/mol. The van der Waals surface area contributed by atoms with Crippen LogP contribution in [0.3, 0.4) is 0 Å². The number of fused-ring (bicyclic) bond motifs is 1. The molecule has 0 bridgehead atoms. The molecule has 2 aromatic heterocycles. The van der Waals surface area contributed by atoms with Gasteiger partial charge in [0.25, 0.3) is 0 Å². The van der Waals surface area contributed by atoms with Gasteiger partial charge in [-0.25, -0.2) is 19.4 Å². The lowest BCUT2D eigenvalue weighted by Gasteiger charge is -2.39. The largest absolute Gasteiger partial charge is 0.496 e. The van der Waals surface area contributed by atoms with Crippen LogP contribution >= 0.6 is 11.6 Å². The van der Waals surface area contributed by atoms with Gasteiger partial charge in [-0.15, -0.1) is 0 Å². The minimum absolute atomic E-state index is 0.00627. The monoisotopic (exact) mass is 442 g/mol. The number of aromatic nitrogens is 4. The van der Waals surface area contributed by atoms with E-state index in [1.54, 1.807) is 17.9 Å². The maximum atomic E-state index is 11.2. The highest BCUT2D eigenvalue weighted by molar-refractivity contribution is 6.31. The third kappa shape index (κ3) is 3.25. The summed E-state index contributed by atoms with van der Waals surface area (Å²) in [4.78, 5) is 21.0. The summed E-state index contributed by atoms with van der Waals surface area (Å²) in [5.41, 5.74) is 9.85. The summed E-state index contributed by atoms with van der Waals surface area (Å²) < 4.78 is 7.59. The normalized spacial score (nSPS) is 15.0. The van der Waals surface area contributed by atoms with E-state index in [2.05, 4.69) is 21.6 Å². The number of carbonyl (C=O) groups is 1. The number of amides is 1. The summed E-state index contributed by atoms with van der Waals surface area (Å²) in [6.07, 6.45) is 2.08. The third-order valence-electron chi connectivity index (χ3n) is 5.87. The lowest BCUT2D eigenvalue weighted by Crippen LogP contribution is -2.48. The van der Waals surface area contributed by atoms with Crippen molar-refractivity contribution in [1.29, 1.82) is 0 Å². The molecule has 9 nitrogen and oxygen atoms in total. The number of likely N-dealkylation sites (tertiary alicyclic amines) is 1. The number of methoxy groups -OCH3 is 1. The van der Waals surface area contributed by atoms with Crippen LogP contribution in [-0.4, -0.2) is 56.0 Å². The van der Waals surface area contributed by atoms with Gasteiger partial charge in [-0.05, 0) is 31.6 Å². The van der Waals surface area contributed by atoms with E-state index in [-0.39, 0.29) is 12.0 Å². The fraction of sp³-hybridized carbons (Fsp3) is 0.333. The lowest BCUT2D eigenvalue weighted by molar-refractivity contribution is 0.104. The summed E-state index contributed by atoms with van der Waals surface area (Å²) in [7, 11) is 1.60. The van der Waals surface area contributed by atoms with Gasteiger partial charge < -0.3 is 20.5 Å². The molecule has 3 aromatic rings. The Balaban J connectivity index is 1.86. The van der Waals surface area contributed by atoms with Gasteiger partial charge in [-0.3, -0.25) is 0 Å². The Hall–Kier alpha value is -3.33. The van der Waals surface area contributed by atoms with E-state index < -0.39 is 6.09 Å². The molecule has 1 unspecified atom stereocenters. The fourth-order valence-electron chi connectivity index (χ4n) is 4.18. The molecular formula is C21H23ClN6O3. The first-order valence-corrected chi connectivity index (χ1v) is 10.1. The second-order valence-electron chi connectivity index (χ2n) is 7.57. The minimum Gasteiger partial charge on any atom is -0.496 e. The molecule has 1 amide bonds. The summed E-state index contributed by atoms with van der Waals surface area (Å²) in [5.74, 6) is 1.01. The van der Waals surface area contributed by atoms with E-state index in [1.807, 2.05) is 19.9 Å². The first-order chi connectivity index (χ1) is 14.8. The van der Waals surface area contributed by atoms with Gasteiger partial charge in [-0.2, -0.15) is 5.10 Å². The number of rotatable bonds is 5. The van der Waals surface area contributed by atoms with Crippen molar-refractivity contribution in [2.75, 3.05) is 25.9 Å². The number of anilines is 1. The second kappa shape index (κ2) is 7.73. The van der Waals surface area contributed by atoms with Crippen molar-refractivity contribution in [2.45, 2.75) is 25.8 Å². The number of carboxylic acid groups (broad SMARTS) is 1. The topological polar surface area (TPSA) is 119 Å². The number of ether oxygens (including phenoxy) is 1. The SMILES string of the molecule is C=Cc1nn(C(C)c2cc(Cl)c(C)c(C3CN(C(=O)O)C3)c2OC)c2ncnc(N)c12. The zero-order chi connectivity index (χ0) is 22.4. The molecule has 31 heavy (non-hydrogen) atoms. The highest BCUT2D eigenvalue weighted by Crippen LogP contribution is 2.44. The van der Waals surface area contributed by atoms with Crippen molar-refractivity contribution in [3.8, 4) is 5.75 Å². The van der Waals surface area contributed by atoms with Crippen molar-refractivity contribution in [2.24, 2.45) is 0 Å². The van der Waals surface area contributed by atoms with Crippen molar-refractivity contribution in [1.82, 2.24) is 24.6 Å². The molecule has 0 radical (unpaired) electrons.